The zero-order valence-corrected chi connectivity index (χ0v) is 16.6. The Balaban J connectivity index is 1.84. The average molecular weight is 393 g/mol. The highest BCUT2D eigenvalue weighted by Gasteiger charge is 2.27. The van der Waals surface area contributed by atoms with Crippen LogP contribution in [0.15, 0.2) is 54.6 Å². The van der Waals surface area contributed by atoms with Crippen molar-refractivity contribution in [3.63, 3.8) is 0 Å². The lowest BCUT2D eigenvalue weighted by Crippen LogP contribution is -2.42. The molecule has 1 aromatic heterocycles. The number of fused-ring (bicyclic) bond motifs is 1. The van der Waals surface area contributed by atoms with E-state index in [1.807, 2.05) is 59.5 Å². The first kappa shape index (κ1) is 18.4. The summed E-state index contributed by atoms with van der Waals surface area (Å²) in [4.78, 5) is 25.7. The third-order valence-electron chi connectivity index (χ3n) is 4.86. The summed E-state index contributed by atoms with van der Waals surface area (Å²) in [5.74, 6) is 0.705. The first-order chi connectivity index (χ1) is 13.5. The maximum atomic E-state index is 12.5. The van der Waals surface area contributed by atoms with Crippen molar-refractivity contribution in [2.75, 3.05) is 20.6 Å². The molecule has 1 aliphatic heterocycles. The summed E-state index contributed by atoms with van der Waals surface area (Å²) in [6.07, 6.45) is 0.706. The summed E-state index contributed by atoms with van der Waals surface area (Å²) in [5.41, 5.74) is 4.81. The number of aromatic nitrogens is 2. The van der Waals surface area contributed by atoms with Crippen LogP contribution in [-0.4, -0.2) is 46.4 Å². The second kappa shape index (κ2) is 7.60. The Labute approximate surface area is 169 Å². The Morgan fingerprint density at radius 1 is 1.00 bits per heavy atom. The summed E-state index contributed by atoms with van der Waals surface area (Å²) >= 11 is 6.08. The SMILES string of the molecule is CN(C)C(=O)N1CCc2nc(-c3ccccc3)nc(-c3ccc(Cl)cc3)c2C1. The van der Waals surface area contributed by atoms with Gasteiger partial charge in [-0.25, -0.2) is 14.8 Å². The first-order valence-electron chi connectivity index (χ1n) is 9.20. The van der Waals surface area contributed by atoms with E-state index >= 15 is 0 Å². The molecule has 2 amide bonds. The highest BCUT2D eigenvalue weighted by molar-refractivity contribution is 6.30. The fourth-order valence-electron chi connectivity index (χ4n) is 3.42. The van der Waals surface area contributed by atoms with E-state index in [1.54, 1.807) is 19.0 Å². The Hall–Kier alpha value is -2.92. The molecule has 0 radical (unpaired) electrons. The summed E-state index contributed by atoms with van der Waals surface area (Å²) < 4.78 is 0. The van der Waals surface area contributed by atoms with Gasteiger partial charge in [-0.1, -0.05) is 54.1 Å². The third-order valence-corrected chi connectivity index (χ3v) is 5.11. The molecule has 0 saturated heterocycles. The molecule has 0 atom stereocenters. The molecular formula is C22H21ClN4O. The normalized spacial score (nSPS) is 13.2. The van der Waals surface area contributed by atoms with Crippen molar-refractivity contribution in [2.45, 2.75) is 13.0 Å². The first-order valence-corrected chi connectivity index (χ1v) is 9.58. The summed E-state index contributed by atoms with van der Waals surface area (Å²) in [6, 6.07) is 17.6. The van der Waals surface area contributed by atoms with E-state index < -0.39 is 0 Å². The summed E-state index contributed by atoms with van der Waals surface area (Å²) in [7, 11) is 3.54. The number of urea groups is 1. The van der Waals surface area contributed by atoms with E-state index in [2.05, 4.69) is 0 Å². The molecule has 0 unspecified atom stereocenters. The molecule has 2 aromatic carbocycles. The molecule has 0 bridgehead atoms. The Bertz CT molecular complexity index is 1000. The molecule has 28 heavy (non-hydrogen) atoms. The number of benzene rings is 2. The van der Waals surface area contributed by atoms with Crippen molar-refractivity contribution in [1.29, 1.82) is 0 Å². The zero-order valence-electron chi connectivity index (χ0n) is 15.9. The van der Waals surface area contributed by atoms with Crippen LogP contribution in [0.25, 0.3) is 22.6 Å². The summed E-state index contributed by atoms with van der Waals surface area (Å²) in [5, 5.41) is 0.680. The molecule has 4 rings (SSSR count). The van der Waals surface area contributed by atoms with Gasteiger partial charge in [-0.05, 0) is 12.1 Å². The molecule has 6 heteroatoms. The van der Waals surface area contributed by atoms with Gasteiger partial charge in [0.25, 0.3) is 0 Å². The Morgan fingerprint density at radius 2 is 1.71 bits per heavy atom. The Kier molecular flexibility index (Phi) is 5.01. The zero-order chi connectivity index (χ0) is 19.7. The van der Waals surface area contributed by atoms with Gasteiger partial charge in [0.05, 0.1) is 17.9 Å². The van der Waals surface area contributed by atoms with Crippen molar-refractivity contribution in [2.24, 2.45) is 0 Å². The van der Waals surface area contributed by atoms with Crippen LogP contribution >= 0.6 is 11.6 Å². The molecule has 0 fully saturated rings. The Morgan fingerprint density at radius 3 is 2.39 bits per heavy atom. The quantitative estimate of drug-likeness (QED) is 0.645. The highest BCUT2D eigenvalue weighted by Crippen LogP contribution is 2.31. The van der Waals surface area contributed by atoms with Crippen molar-refractivity contribution in [1.82, 2.24) is 19.8 Å². The second-order valence-corrected chi connectivity index (χ2v) is 7.48. The molecular weight excluding hydrogens is 372 g/mol. The van der Waals surface area contributed by atoms with Crippen LogP contribution in [0.1, 0.15) is 11.3 Å². The predicted octanol–water partition coefficient (Wildman–Crippen LogP) is 4.50. The summed E-state index contributed by atoms with van der Waals surface area (Å²) in [6.45, 7) is 1.15. The van der Waals surface area contributed by atoms with Gasteiger partial charge in [-0.15, -0.1) is 0 Å². The predicted molar refractivity (Wildman–Crippen MR) is 111 cm³/mol. The fraction of sp³-hybridized carbons (Fsp3) is 0.227. The largest absolute Gasteiger partial charge is 0.331 e. The number of amides is 2. The maximum absolute atomic E-state index is 12.5. The van der Waals surface area contributed by atoms with E-state index in [-0.39, 0.29) is 6.03 Å². The maximum Gasteiger partial charge on any atom is 0.319 e. The minimum Gasteiger partial charge on any atom is -0.331 e. The monoisotopic (exact) mass is 392 g/mol. The van der Waals surface area contributed by atoms with Crippen LogP contribution in [0.2, 0.25) is 5.02 Å². The van der Waals surface area contributed by atoms with Crippen LogP contribution in [0.4, 0.5) is 4.79 Å². The molecule has 5 nitrogen and oxygen atoms in total. The molecule has 0 saturated carbocycles. The van der Waals surface area contributed by atoms with Crippen molar-refractivity contribution in [3.05, 3.63) is 70.9 Å². The highest BCUT2D eigenvalue weighted by atomic mass is 35.5. The van der Waals surface area contributed by atoms with Gasteiger partial charge in [-0.2, -0.15) is 0 Å². The van der Waals surface area contributed by atoms with Crippen LogP contribution < -0.4 is 0 Å². The van der Waals surface area contributed by atoms with Gasteiger partial charge in [0, 0.05) is 48.8 Å². The van der Waals surface area contributed by atoms with Crippen LogP contribution in [-0.2, 0) is 13.0 Å². The standard InChI is InChI=1S/C22H21ClN4O/c1-26(2)22(28)27-13-12-19-18(14-27)20(15-8-10-17(23)11-9-15)25-21(24-19)16-6-4-3-5-7-16/h3-11H,12-14H2,1-2H3. The minimum absolute atomic E-state index is 0.000146. The van der Waals surface area contributed by atoms with Crippen LogP contribution in [0.5, 0.6) is 0 Å². The number of halogens is 1. The van der Waals surface area contributed by atoms with Gasteiger partial charge in [0.2, 0.25) is 0 Å². The van der Waals surface area contributed by atoms with Gasteiger partial charge in [0.1, 0.15) is 0 Å². The van der Waals surface area contributed by atoms with E-state index in [0.717, 1.165) is 28.1 Å². The van der Waals surface area contributed by atoms with Crippen molar-refractivity contribution in [3.8, 4) is 22.6 Å². The number of nitrogens with zero attached hydrogens (tertiary/aromatic N) is 4. The van der Waals surface area contributed by atoms with E-state index in [0.29, 0.717) is 30.4 Å². The molecule has 0 aliphatic carbocycles. The molecule has 1 aliphatic rings. The second-order valence-electron chi connectivity index (χ2n) is 7.04. The number of carbonyl (C=O) groups excluding carboxylic acids is 1. The van der Waals surface area contributed by atoms with Crippen molar-refractivity contribution >= 4 is 17.6 Å². The van der Waals surface area contributed by atoms with Gasteiger partial charge >= 0.3 is 6.03 Å². The molecule has 3 aromatic rings. The van der Waals surface area contributed by atoms with E-state index in [1.165, 1.54) is 0 Å². The molecule has 0 N–H and O–H groups in total. The lowest BCUT2D eigenvalue weighted by Gasteiger charge is -2.31. The van der Waals surface area contributed by atoms with Gasteiger partial charge in [-0.3, -0.25) is 0 Å². The van der Waals surface area contributed by atoms with Crippen molar-refractivity contribution < 1.29 is 4.79 Å². The fourth-order valence-corrected chi connectivity index (χ4v) is 3.55. The number of rotatable bonds is 2. The minimum atomic E-state index is -0.000146. The van der Waals surface area contributed by atoms with Gasteiger partial charge in [0.15, 0.2) is 5.82 Å². The van der Waals surface area contributed by atoms with Crippen LogP contribution in [0, 0.1) is 0 Å². The number of hydrogen-bond acceptors (Lipinski definition) is 3. The average Bonchev–Trinajstić information content (AvgIpc) is 2.73. The van der Waals surface area contributed by atoms with E-state index in [4.69, 9.17) is 21.6 Å². The third kappa shape index (κ3) is 3.58. The smallest absolute Gasteiger partial charge is 0.319 e. The van der Waals surface area contributed by atoms with Gasteiger partial charge < -0.3 is 9.80 Å². The lowest BCUT2D eigenvalue weighted by atomic mass is 9.98. The molecule has 0 spiro atoms. The lowest BCUT2D eigenvalue weighted by molar-refractivity contribution is 0.165. The molecule has 2 heterocycles. The topological polar surface area (TPSA) is 49.3 Å². The number of hydrogen-bond donors (Lipinski definition) is 0. The molecule has 142 valence electrons. The van der Waals surface area contributed by atoms with E-state index in [9.17, 15) is 4.79 Å². The number of carbonyl (C=O) groups is 1. The van der Waals surface area contributed by atoms with Crippen LogP contribution in [0.3, 0.4) is 0 Å².